The molecule has 0 aliphatic heterocycles. The molecule has 3 rings (SSSR count). The third-order valence-electron chi connectivity index (χ3n) is 4.48. The molecule has 3 unspecified atom stereocenters. The van der Waals surface area contributed by atoms with E-state index in [4.69, 9.17) is 0 Å². The van der Waals surface area contributed by atoms with Crippen molar-refractivity contribution < 1.29 is 4.92 Å². The highest BCUT2D eigenvalue weighted by Gasteiger charge is 2.39. The molecular formula is C14H18N2O2. The molecule has 3 atom stereocenters. The van der Waals surface area contributed by atoms with Gasteiger partial charge in [0, 0.05) is 24.2 Å². The van der Waals surface area contributed by atoms with Gasteiger partial charge in [0.2, 0.25) is 0 Å². The first kappa shape index (κ1) is 11.7. The van der Waals surface area contributed by atoms with Crippen LogP contribution in [0.5, 0.6) is 0 Å². The van der Waals surface area contributed by atoms with E-state index in [1.807, 2.05) is 12.1 Å². The summed E-state index contributed by atoms with van der Waals surface area (Å²) in [7, 11) is 0. The molecule has 2 bridgehead atoms. The lowest BCUT2D eigenvalue weighted by molar-refractivity contribution is -0.385. The number of nitrogens with zero attached hydrogens (tertiary/aromatic N) is 1. The maximum atomic E-state index is 10.9. The van der Waals surface area contributed by atoms with Crippen LogP contribution in [-0.2, 0) is 6.54 Å². The van der Waals surface area contributed by atoms with E-state index in [9.17, 15) is 10.1 Å². The summed E-state index contributed by atoms with van der Waals surface area (Å²) in [5.41, 5.74) is 1.03. The number of hydrogen-bond acceptors (Lipinski definition) is 3. The molecule has 0 heterocycles. The number of nitrogens with one attached hydrogen (secondary N) is 1. The van der Waals surface area contributed by atoms with Gasteiger partial charge >= 0.3 is 0 Å². The summed E-state index contributed by atoms with van der Waals surface area (Å²) in [6.07, 6.45) is 5.33. The first-order chi connectivity index (χ1) is 8.74. The summed E-state index contributed by atoms with van der Waals surface area (Å²) in [6.45, 7) is 0.616. The van der Waals surface area contributed by atoms with E-state index in [0.29, 0.717) is 12.6 Å². The van der Waals surface area contributed by atoms with Crippen molar-refractivity contribution in [3.8, 4) is 0 Å². The van der Waals surface area contributed by atoms with E-state index in [2.05, 4.69) is 5.32 Å². The summed E-state index contributed by atoms with van der Waals surface area (Å²) < 4.78 is 0. The smallest absolute Gasteiger partial charge is 0.273 e. The van der Waals surface area contributed by atoms with Crippen LogP contribution >= 0.6 is 0 Å². The van der Waals surface area contributed by atoms with Crippen LogP contribution in [0.3, 0.4) is 0 Å². The molecule has 2 saturated carbocycles. The zero-order valence-electron chi connectivity index (χ0n) is 10.3. The van der Waals surface area contributed by atoms with Gasteiger partial charge in [-0.2, -0.15) is 0 Å². The second-order valence-electron chi connectivity index (χ2n) is 5.55. The standard InChI is InChI=1S/C14H18N2O2/c17-16(18)14-4-2-1-3-12(14)9-15-13-8-10-5-6-11(13)7-10/h1-4,10-11,13,15H,5-9H2. The Kier molecular flexibility index (Phi) is 3.04. The lowest BCUT2D eigenvalue weighted by Crippen LogP contribution is -2.33. The summed E-state index contributed by atoms with van der Waals surface area (Å²) in [4.78, 5) is 10.6. The van der Waals surface area contributed by atoms with Crippen LogP contribution in [0.15, 0.2) is 24.3 Å². The lowest BCUT2D eigenvalue weighted by atomic mass is 9.95. The molecule has 0 aromatic heterocycles. The van der Waals surface area contributed by atoms with Crippen molar-refractivity contribution in [3.05, 3.63) is 39.9 Å². The fourth-order valence-electron chi connectivity index (χ4n) is 3.57. The number of para-hydroxylation sites is 1. The van der Waals surface area contributed by atoms with Crippen molar-refractivity contribution in [3.63, 3.8) is 0 Å². The van der Waals surface area contributed by atoms with Crippen molar-refractivity contribution in [1.29, 1.82) is 0 Å². The number of rotatable bonds is 4. The summed E-state index contributed by atoms with van der Waals surface area (Å²) in [6, 6.07) is 7.59. The minimum atomic E-state index is -0.294. The van der Waals surface area contributed by atoms with Gasteiger partial charge in [0.15, 0.2) is 0 Å². The Morgan fingerprint density at radius 3 is 2.78 bits per heavy atom. The monoisotopic (exact) mass is 246 g/mol. The zero-order valence-corrected chi connectivity index (χ0v) is 10.3. The Balaban J connectivity index is 1.65. The SMILES string of the molecule is O=[N+]([O-])c1ccccc1CNC1CC2CCC1C2. The highest BCUT2D eigenvalue weighted by Crippen LogP contribution is 2.44. The topological polar surface area (TPSA) is 55.2 Å². The van der Waals surface area contributed by atoms with Gasteiger partial charge in [0.25, 0.3) is 5.69 Å². The number of benzene rings is 1. The van der Waals surface area contributed by atoms with Gasteiger partial charge in [-0.15, -0.1) is 0 Å². The van der Waals surface area contributed by atoms with Crippen LogP contribution in [0.25, 0.3) is 0 Å². The Bertz CT molecular complexity index is 461. The maximum absolute atomic E-state index is 10.9. The minimum Gasteiger partial charge on any atom is -0.309 e. The zero-order chi connectivity index (χ0) is 12.5. The van der Waals surface area contributed by atoms with E-state index in [1.165, 1.54) is 25.7 Å². The second kappa shape index (κ2) is 4.69. The largest absolute Gasteiger partial charge is 0.309 e. The number of nitro benzene ring substituents is 1. The molecule has 1 aromatic rings. The van der Waals surface area contributed by atoms with Crippen LogP contribution in [-0.4, -0.2) is 11.0 Å². The van der Waals surface area contributed by atoms with Crippen LogP contribution in [0.1, 0.15) is 31.2 Å². The third kappa shape index (κ3) is 2.12. The van der Waals surface area contributed by atoms with Crippen LogP contribution in [0.4, 0.5) is 5.69 Å². The summed E-state index contributed by atoms with van der Waals surface area (Å²) in [5.74, 6) is 1.70. The molecule has 1 aromatic carbocycles. The Morgan fingerprint density at radius 2 is 2.11 bits per heavy atom. The number of nitro groups is 1. The highest BCUT2D eigenvalue weighted by molar-refractivity contribution is 5.39. The van der Waals surface area contributed by atoms with Crippen LogP contribution in [0.2, 0.25) is 0 Å². The lowest BCUT2D eigenvalue weighted by Gasteiger charge is -2.22. The van der Waals surface area contributed by atoms with Gasteiger partial charge in [-0.05, 0) is 31.1 Å². The fraction of sp³-hybridized carbons (Fsp3) is 0.571. The molecule has 2 fully saturated rings. The van der Waals surface area contributed by atoms with Crippen molar-refractivity contribution in [1.82, 2.24) is 5.32 Å². The molecule has 0 amide bonds. The Labute approximate surface area is 107 Å². The molecule has 1 N–H and O–H groups in total. The van der Waals surface area contributed by atoms with Gasteiger partial charge < -0.3 is 5.32 Å². The first-order valence-electron chi connectivity index (χ1n) is 6.69. The van der Waals surface area contributed by atoms with Crippen molar-refractivity contribution in [2.45, 2.75) is 38.3 Å². The predicted octanol–water partition coefficient (Wildman–Crippen LogP) is 2.87. The van der Waals surface area contributed by atoms with Gasteiger partial charge in [0.1, 0.15) is 0 Å². The summed E-state index contributed by atoms with van der Waals surface area (Å²) >= 11 is 0. The molecule has 96 valence electrons. The van der Waals surface area contributed by atoms with Crippen LogP contribution in [0, 0.1) is 22.0 Å². The minimum absolute atomic E-state index is 0.230. The van der Waals surface area contributed by atoms with Crippen molar-refractivity contribution >= 4 is 5.69 Å². The van der Waals surface area contributed by atoms with Crippen molar-refractivity contribution in [2.24, 2.45) is 11.8 Å². The Hall–Kier alpha value is -1.42. The molecule has 4 heteroatoms. The van der Waals surface area contributed by atoms with E-state index in [1.54, 1.807) is 12.1 Å². The molecule has 4 nitrogen and oxygen atoms in total. The fourth-order valence-corrected chi connectivity index (χ4v) is 3.57. The van der Waals surface area contributed by atoms with E-state index in [-0.39, 0.29) is 10.6 Å². The third-order valence-corrected chi connectivity index (χ3v) is 4.48. The molecule has 0 radical (unpaired) electrons. The van der Waals surface area contributed by atoms with E-state index in [0.717, 1.165) is 17.4 Å². The first-order valence-corrected chi connectivity index (χ1v) is 6.69. The second-order valence-corrected chi connectivity index (χ2v) is 5.55. The van der Waals surface area contributed by atoms with E-state index >= 15 is 0 Å². The maximum Gasteiger partial charge on any atom is 0.273 e. The Morgan fingerprint density at radius 1 is 1.28 bits per heavy atom. The predicted molar refractivity (Wildman–Crippen MR) is 69.2 cm³/mol. The van der Waals surface area contributed by atoms with Gasteiger partial charge in [-0.1, -0.05) is 24.6 Å². The average molecular weight is 246 g/mol. The quantitative estimate of drug-likeness (QED) is 0.656. The van der Waals surface area contributed by atoms with Crippen LogP contribution < -0.4 is 5.32 Å². The van der Waals surface area contributed by atoms with Gasteiger partial charge in [0.05, 0.1) is 4.92 Å². The molecular weight excluding hydrogens is 228 g/mol. The number of hydrogen-bond donors (Lipinski definition) is 1. The average Bonchev–Trinajstić information content (AvgIpc) is 2.98. The number of fused-ring (bicyclic) bond motifs is 2. The summed E-state index contributed by atoms with van der Waals surface area (Å²) in [5, 5.41) is 14.4. The highest BCUT2D eigenvalue weighted by atomic mass is 16.6. The van der Waals surface area contributed by atoms with Gasteiger partial charge in [-0.25, -0.2) is 0 Å². The molecule has 0 spiro atoms. The van der Waals surface area contributed by atoms with E-state index < -0.39 is 0 Å². The molecule has 18 heavy (non-hydrogen) atoms. The molecule has 2 aliphatic carbocycles. The van der Waals surface area contributed by atoms with Crippen molar-refractivity contribution in [2.75, 3.05) is 0 Å². The molecule has 2 aliphatic rings. The molecule has 0 saturated heterocycles. The normalized spacial score (nSPS) is 29.7. The van der Waals surface area contributed by atoms with Gasteiger partial charge in [-0.3, -0.25) is 10.1 Å².